The highest BCUT2D eigenvalue weighted by molar-refractivity contribution is 7.91. The highest BCUT2D eigenvalue weighted by Crippen LogP contribution is 2.50. The van der Waals surface area contributed by atoms with Crippen LogP contribution in [0.2, 0.25) is 0 Å². The van der Waals surface area contributed by atoms with Crippen LogP contribution in [0.25, 0.3) is 10.8 Å². The van der Waals surface area contributed by atoms with E-state index < -0.39 is 105 Å². The first kappa shape index (κ1) is 42.0. The molecule has 19 heteroatoms. The molecule has 2 aromatic rings. The molecule has 3 N–H and O–H groups in total. The number of alkyl halides is 3. The zero-order chi connectivity index (χ0) is 41.9. The van der Waals surface area contributed by atoms with E-state index in [4.69, 9.17) is 14.2 Å². The van der Waals surface area contributed by atoms with Crippen molar-refractivity contribution in [2.75, 3.05) is 20.3 Å². The molecule has 312 valence electrons. The van der Waals surface area contributed by atoms with E-state index in [9.17, 15) is 37.1 Å². The van der Waals surface area contributed by atoms with Crippen LogP contribution in [-0.2, 0) is 29.1 Å². The zero-order valence-corrected chi connectivity index (χ0v) is 33.3. The van der Waals surface area contributed by atoms with Crippen LogP contribution >= 0.6 is 0 Å². The van der Waals surface area contributed by atoms with Crippen molar-refractivity contribution in [1.82, 2.24) is 24.8 Å². The number of ether oxygens (including phenoxy) is 3. The van der Waals surface area contributed by atoms with Crippen LogP contribution < -0.4 is 19.5 Å². The van der Waals surface area contributed by atoms with E-state index in [0.717, 1.165) is 11.8 Å². The van der Waals surface area contributed by atoms with Crippen molar-refractivity contribution in [1.29, 1.82) is 0 Å². The Bertz CT molecular complexity index is 2080. The van der Waals surface area contributed by atoms with E-state index in [1.165, 1.54) is 34.1 Å². The summed E-state index contributed by atoms with van der Waals surface area (Å²) in [5.74, 6) is -9.11. The molecule has 3 fully saturated rings. The first-order valence-electron chi connectivity index (χ1n) is 18.8. The number of aromatic nitrogens is 1. The molecule has 1 aromatic carbocycles. The summed E-state index contributed by atoms with van der Waals surface area (Å²) in [7, 11) is -3.19. The fraction of sp³-hybridized carbons (Fsp3) is 0.605. The number of pyridine rings is 1. The maximum Gasteiger partial charge on any atom is 0.408 e. The van der Waals surface area contributed by atoms with Crippen LogP contribution in [0.3, 0.4) is 0 Å². The molecule has 2 aliphatic heterocycles. The minimum absolute atomic E-state index is 0.0410. The van der Waals surface area contributed by atoms with E-state index >= 15 is 8.78 Å². The zero-order valence-electron chi connectivity index (χ0n) is 32.5. The molecule has 0 bridgehead atoms. The number of carboxylic acid groups (broad SMARTS) is 1. The summed E-state index contributed by atoms with van der Waals surface area (Å²) in [5.41, 5.74) is -4.79. The number of benzene rings is 1. The lowest BCUT2D eigenvalue weighted by molar-refractivity contribution is -0.164. The Kier molecular flexibility index (Phi) is 11.0. The van der Waals surface area contributed by atoms with Gasteiger partial charge >= 0.3 is 12.0 Å². The van der Waals surface area contributed by atoms with Crippen molar-refractivity contribution in [2.45, 2.75) is 119 Å². The summed E-state index contributed by atoms with van der Waals surface area (Å²) in [5, 5.41) is 13.5. The van der Waals surface area contributed by atoms with Gasteiger partial charge in [0.2, 0.25) is 27.7 Å². The average Bonchev–Trinajstić information content (AvgIpc) is 4.06. The number of nitrogens with zero attached hydrogens (tertiary/aromatic N) is 3. The minimum Gasteiger partial charge on any atom is -0.494 e. The van der Waals surface area contributed by atoms with Crippen LogP contribution in [0, 0.1) is 5.92 Å². The van der Waals surface area contributed by atoms with Gasteiger partial charge in [-0.25, -0.2) is 22.6 Å². The summed E-state index contributed by atoms with van der Waals surface area (Å²) in [4.78, 5) is 61.6. The molecule has 1 aromatic heterocycles. The highest BCUT2D eigenvalue weighted by atomic mass is 32.2. The van der Waals surface area contributed by atoms with E-state index in [-0.39, 0.29) is 30.5 Å². The quantitative estimate of drug-likeness (QED) is 0.310. The lowest BCUT2D eigenvalue weighted by atomic mass is 9.96. The molecule has 0 spiro atoms. The largest absolute Gasteiger partial charge is 0.494 e. The predicted octanol–water partition coefficient (Wildman–Crippen LogP) is 3.95. The molecule has 2 aliphatic carbocycles. The van der Waals surface area contributed by atoms with Crippen molar-refractivity contribution in [2.24, 2.45) is 5.92 Å². The number of amides is 4. The third-order valence-corrected chi connectivity index (χ3v) is 13.7. The summed E-state index contributed by atoms with van der Waals surface area (Å²) in [6.45, 7) is 4.87. The van der Waals surface area contributed by atoms with Gasteiger partial charge in [-0.3, -0.25) is 24.0 Å². The SMILES string of the molecule is COc1cnc(O[C@]2(C)CN3C(=O)[C@@H](N(C(=O)O)C(C)C)[C@H](C)O[C@H](C)CC/C=C\[C@@H]4C[C@@]4(C(=O)NS(=O)(=O)C4(CF)CC4)NC(=O)[C@H]3C2(F)F)c2ccccc12. The molecule has 57 heavy (non-hydrogen) atoms. The maximum atomic E-state index is 17.4. The Labute approximate surface area is 328 Å². The Hall–Kier alpha value is -4.65. The number of allylic oxidation sites excluding steroid dienone is 1. The number of carbonyl (C=O) groups excluding carboxylic acids is 3. The Balaban J connectivity index is 1.47. The van der Waals surface area contributed by atoms with Crippen LogP contribution in [0.15, 0.2) is 42.6 Å². The van der Waals surface area contributed by atoms with Gasteiger partial charge in [0.15, 0.2) is 11.6 Å². The Morgan fingerprint density at radius 1 is 1.18 bits per heavy atom. The van der Waals surface area contributed by atoms with Gasteiger partial charge in [0.25, 0.3) is 5.91 Å². The van der Waals surface area contributed by atoms with Crippen molar-refractivity contribution in [3.8, 4) is 11.6 Å². The number of nitrogens with one attached hydrogen (secondary N) is 2. The van der Waals surface area contributed by atoms with Gasteiger partial charge in [-0.05, 0) is 72.8 Å². The number of carbonyl (C=O) groups is 4. The molecule has 3 heterocycles. The second kappa shape index (κ2) is 14.9. The van der Waals surface area contributed by atoms with Gasteiger partial charge in [-0.2, -0.15) is 8.78 Å². The summed E-state index contributed by atoms with van der Waals surface area (Å²) in [6.07, 6.45) is 1.56. The summed E-state index contributed by atoms with van der Waals surface area (Å²) >= 11 is 0. The second-order valence-corrected chi connectivity index (χ2v) is 18.0. The lowest BCUT2D eigenvalue weighted by Crippen LogP contribution is -2.64. The molecule has 6 rings (SSSR count). The molecular weight excluding hydrogens is 776 g/mol. The Morgan fingerprint density at radius 3 is 2.44 bits per heavy atom. The second-order valence-electron chi connectivity index (χ2n) is 15.9. The maximum absolute atomic E-state index is 17.4. The first-order valence-corrected chi connectivity index (χ1v) is 20.2. The molecule has 7 atom stereocenters. The normalized spacial score (nSPS) is 31.5. The van der Waals surface area contributed by atoms with Gasteiger partial charge in [-0.1, -0.05) is 30.4 Å². The fourth-order valence-corrected chi connectivity index (χ4v) is 9.32. The Morgan fingerprint density at radius 2 is 1.84 bits per heavy atom. The van der Waals surface area contributed by atoms with E-state index in [1.54, 1.807) is 43.3 Å². The van der Waals surface area contributed by atoms with E-state index in [2.05, 4.69) is 10.3 Å². The highest BCUT2D eigenvalue weighted by Gasteiger charge is 2.72. The third-order valence-electron chi connectivity index (χ3n) is 11.6. The molecular formula is C38H48F3N5O10S. The van der Waals surface area contributed by atoms with E-state index in [0.29, 0.717) is 28.9 Å². The summed E-state index contributed by atoms with van der Waals surface area (Å²) in [6, 6.07) is 1.18. The van der Waals surface area contributed by atoms with Crippen molar-refractivity contribution in [3.63, 3.8) is 0 Å². The van der Waals surface area contributed by atoms with Crippen molar-refractivity contribution < 1.29 is 60.1 Å². The minimum atomic E-state index is -4.59. The summed E-state index contributed by atoms with van der Waals surface area (Å²) < 4.78 is 92.7. The number of hydrogen-bond donors (Lipinski definition) is 3. The third kappa shape index (κ3) is 7.25. The van der Waals surface area contributed by atoms with Crippen molar-refractivity contribution in [3.05, 3.63) is 42.6 Å². The fourth-order valence-electron chi connectivity index (χ4n) is 7.90. The van der Waals surface area contributed by atoms with Crippen LogP contribution in [0.4, 0.5) is 18.0 Å². The molecule has 0 unspecified atom stereocenters. The van der Waals surface area contributed by atoms with Gasteiger partial charge in [0, 0.05) is 22.7 Å². The van der Waals surface area contributed by atoms with Crippen LogP contribution in [0.1, 0.15) is 66.7 Å². The standard InChI is InChI=1S/C38H48F3N5O10S/c1-21(2)46(34(50)51)28-23(4)55-22(3)11-7-8-12-24-17-37(24,33(49)44-57(52,53)36(19-39)15-16-36)43-30(47)29-38(40,41)35(5,20-45(29)32(28)48)56-31-26-14-10-9-13-25(26)27(54-6)18-42-31/h8-10,12-14,18,21-24,28-29H,7,11,15-17,19-20H2,1-6H3,(H,43,47)(H,44,49)(H,50,51)/b12-8-/t22-,23+,24-,28+,29+,35-,37-/m1/s1. The monoisotopic (exact) mass is 823 g/mol. The number of halogens is 3. The molecule has 1 saturated heterocycles. The van der Waals surface area contributed by atoms with Gasteiger partial charge < -0.3 is 29.5 Å². The van der Waals surface area contributed by atoms with Crippen molar-refractivity contribution >= 4 is 44.6 Å². The number of fused-ring (bicyclic) bond motifs is 3. The number of sulfonamides is 1. The van der Waals surface area contributed by atoms with Gasteiger partial charge in [0.05, 0.1) is 32.1 Å². The molecule has 4 aliphatic rings. The number of hydrogen-bond acceptors (Lipinski definition) is 10. The van der Waals surface area contributed by atoms with Gasteiger partial charge in [-0.15, -0.1) is 0 Å². The van der Waals surface area contributed by atoms with Gasteiger partial charge in [0.1, 0.15) is 28.8 Å². The number of methoxy groups -OCH3 is 1. The average molecular weight is 824 g/mol. The lowest BCUT2D eigenvalue weighted by Gasteiger charge is -2.39. The smallest absolute Gasteiger partial charge is 0.408 e. The predicted molar refractivity (Wildman–Crippen MR) is 199 cm³/mol. The number of rotatable bonds is 9. The van der Waals surface area contributed by atoms with Crippen LogP contribution in [0.5, 0.6) is 11.6 Å². The molecule has 15 nitrogen and oxygen atoms in total. The van der Waals surface area contributed by atoms with Crippen LogP contribution in [-0.4, -0.2) is 125 Å². The van der Waals surface area contributed by atoms with E-state index in [1.807, 2.05) is 4.72 Å². The topological polar surface area (TPSA) is 194 Å². The first-order chi connectivity index (χ1) is 26.7. The molecule has 0 radical (unpaired) electrons. The molecule has 2 saturated carbocycles. The molecule has 4 amide bonds.